The van der Waals surface area contributed by atoms with Gasteiger partial charge in [0.2, 0.25) is 0 Å². The summed E-state index contributed by atoms with van der Waals surface area (Å²) in [6, 6.07) is 8.63. The SMILES string of the molecule is CCCNC(Cc1cccc(OC)c1)C(CC)(CC)OC. The number of nitrogens with one attached hydrogen (secondary N) is 1. The van der Waals surface area contributed by atoms with E-state index in [-0.39, 0.29) is 5.60 Å². The highest BCUT2D eigenvalue weighted by molar-refractivity contribution is 5.29. The molecule has 1 N–H and O–H groups in total. The molecule has 1 rings (SSSR count). The van der Waals surface area contributed by atoms with E-state index in [1.54, 1.807) is 7.11 Å². The summed E-state index contributed by atoms with van der Waals surface area (Å²) in [4.78, 5) is 0. The Bertz CT molecular complexity index is 394. The zero-order valence-electron chi connectivity index (χ0n) is 14.2. The van der Waals surface area contributed by atoms with Gasteiger partial charge in [-0.15, -0.1) is 0 Å². The summed E-state index contributed by atoms with van der Waals surface area (Å²) in [6.07, 6.45) is 4.09. The average molecular weight is 293 g/mol. The lowest BCUT2D eigenvalue weighted by molar-refractivity contribution is -0.0471. The van der Waals surface area contributed by atoms with E-state index in [2.05, 4.69) is 44.3 Å². The molecule has 0 spiro atoms. The van der Waals surface area contributed by atoms with Crippen LogP contribution in [0.4, 0.5) is 0 Å². The maximum absolute atomic E-state index is 5.93. The molecule has 0 amide bonds. The third kappa shape index (κ3) is 4.72. The first kappa shape index (κ1) is 18.0. The minimum atomic E-state index is -0.113. The fraction of sp³-hybridized carbons (Fsp3) is 0.667. The van der Waals surface area contributed by atoms with Crippen molar-refractivity contribution in [1.82, 2.24) is 5.32 Å². The second kappa shape index (κ2) is 9.06. The van der Waals surface area contributed by atoms with E-state index in [9.17, 15) is 0 Å². The van der Waals surface area contributed by atoms with Gasteiger partial charge in [-0.3, -0.25) is 0 Å². The van der Waals surface area contributed by atoms with Gasteiger partial charge in [-0.05, 0) is 49.9 Å². The Morgan fingerprint density at radius 1 is 1.14 bits per heavy atom. The average Bonchev–Trinajstić information content (AvgIpc) is 2.54. The number of hydrogen-bond acceptors (Lipinski definition) is 3. The van der Waals surface area contributed by atoms with E-state index >= 15 is 0 Å². The highest BCUT2D eigenvalue weighted by Crippen LogP contribution is 2.27. The van der Waals surface area contributed by atoms with Crippen LogP contribution in [0.2, 0.25) is 0 Å². The standard InChI is InChI=1S/C18H31NO2/c1-6-12-19-17(18(7-2,8-3)21-5)14-15-10-9-11-16(13-15)20-4/h9-11,13,17,19H,6-8,12,14H2,1-5H3. The van der Waals surface area contributed by atoms with Crippen molar-refractivity contribution in [3.8, 4) is 5.75 Å². The highest BCUT2D eigenvalue weighted by atomic mass is 16.5. The van der Waals surface area contributed by atoms with Crippen molar-refractivity contribution in [1.29, 1.82) is 0 Å². The number of methoxy groups -OCH3 is 2. The predicted octanol–water partition coefficient (Wildman–Crippen LogP) is 3.81. The maximum atomic E-state index is 5.93. The van der Waals surface area contributed by atoms with Gasteiger partial charge in [-0.25, -0.2) is 0 Å². The van der Waals surface area contributed by atoms with Crippen molar-refractivity contribution in [2.24, 2.45) is 0 Å². The molecule has 1 aromatic rings. The molecule has 0 heterocycles. The molecule has 3 nitrogen and oxygen atoms in total. The van der Waals surface area contributed by atoms with Gasteiger partial charge >= 0.3 is 0 Å². The molecular formula is C18H31NO2. The number of benzene rings is 1. The Morgan fingerprint density at radius 2 is 1.86 bits per heavy atom. The summed E-state index contributed by atoms with van der Waals surface area (Å²) in [5.41, 5.74) is 1.17. The zero-order valence-corrected chi connectivity index (χ0v) is 14.2. The van der Waals surface area contributed by atoms with Crippen molar-refractivity contribution in [2.45, 2.75) is 58.1 Å². The molecule has 1 unspecified atom stereocenters. The van der Waals surface area contributed by atoms with E-state index in [1.807, 2.05) is 13.2 Å². The number of hydrogen-bond donors (Lipinski definition) is 1. The second-order valence-corrected chi connectivity index (χ2v) is 5.54. The third-order valence-corrected chi connectivity index (χ3v) is 4.45. The van der Waals surface area contributed by atoms with Crippen LogP contribution in [-0.4, -0.2) is 32.4 Å². The van der Waals surface area contributed by atoms with Gasteiger partial charge in [0.1, 0.15) is 5.75 Å². The Balaban J connectivity index is 2.95. The lowest BCUT2D eigenvalue weighted by atomic mass is 9.84. The van der Waals surface area contributed by atoms with Gasteiger partial charge in [0.25, 0.3) is 0 Å². The van der Waals surface area contributed by atoms with Crippen molar-refractivity contribution in [3.05, 3.63) is 29.8 Å². The molecule has 0 aliphatic heterocycles. The Morgan fingerprint density at radius 3 is 2.38 bits per heavy atom. The first-order valence-corrected chi connectivity index (χ1v) is 8.07. The summed E-state index contributed by atoms with van der Waals surface area (Å²) in [7, 11) is 3.54. The van der Waals surface area contributed by atoms with Crippen molar-refractivity contribution in [2.75, 3.05) is 20.8 Å². The lowest BCUT2D eigenvalue weighted by Gasteiger charge is -2.39. The van der Waals surface area contributed by atoms with Crippen LogP contribution in [0.25, 0.3) is 0 Å². The first-order chi connectivity index (χ1) is 10.2. The molecule has 1 atom stereocenters. The van der Waals surface area contributed by atoms with Gasteiger partial charge in [0.15, 0.2) is 0 Å². The molecule has 0 bridgehead atoms. The normalized spacial score (nSPS) is 13.2. The van der Waals surface area contributed by atoms with Gasteiger partial charge in [0.05, 0.1) is 12.7 Å². The molecule has 3 heteroatoms. The van der Waals surface area contributed by atoms with Gasteiger partial charge in [-0.2, -0.15) is 0 Å². The monoisotopic (exact) mass is 293 g/mol. The summed E-state index contributed by atoms with van der Waals surface area (Å²) >= 11 is 0. The van der Waals surface area contributed by atoms with Gasteiger partial charge in [-0.1, -0.05) is 32.9 Å². The molecule has 0 radical (unpaired) electrons. The fourth-order valence-electron chi connectivity index (χ4n) is 2.97. The quantitative estimate of drug-likeness (QED) is 0.711. The van der Waals surface area contributed by atoms with Crippen LogP contribution >= 0.6 is 0 Å². The van der Waals surface area contributed by atoms with Crippen LogP contribution in [0.15, 0.2) is 24.3 Å². The third-order valence-electron chi connectivity index (χ3n) is 4.45. The van der Waals surface area contributed by atoms with Crippen LogP contribution in [0.5, 0.6) is 5.75 Å². The molecule has 0 aliphatic carbocycles. The Labute approximate surface area is 130 Å². The molecule has 0 saturated carbocycles. The van der Waals surface area contributed by atoms with Crippen molar-refractivity contribution in [3.63, 3.8) is 0 Å². The molecule has 1 aromatic carbocycles. The van der Waals surface area contributed by atoms with Gasteiger partial charge < -0.3 is 14.8 Å². The van der Waals surface area contributed by atoms with E-state index in [0.717, 1.165) is 38.0 Å². The molecule has 0 aromatic heterocycles. The smallest absolute Gasteiger partial charge is 0.119 e. The summed E-state index contributed by atoms with van der Waals surface area (Å²) < 4.78 is 11.3. The van der Waals surface area contributed by atoms with E-state index in [4.69, 9.17) is 9.47 Å². The zero-order chi connectivity index (χ0) is 15.7. The first-order valence-electron chi connectivity index (χ1n) is 8.07. The van der Waals surface area contributed by atoms with E-state index in [0.29, 0.717) is 6.04 Å². The second-order valence-electron chi connectivity index (χ2n) is 5.54. The minimum absolute atomic E-state index is 0.113. The van der Waals surface area contributed by atoms with E-state index in [1.165, 1.54) is 5.56 Å². The van der Waals surface area contributed by atoms with Gasteiger partial charge in [0, 0.05) is 13.2 Å². The molecule has 21 heavy (non-hydrogen) atoms. The minimum Gasteiger partial charge on any atom is -0.497 e. The van der Waals surface area contributed by atoms with Crippen LogP contribution in [0.3, 0.4) is 0 Å². The molecule has 0 aliphatic rings. The topological polar surface area (TPSA) is 30.5 Å². The lowest BCUT2D eigenvalue weighted by Crippen LogP contribution is -2.53. The molecular weight excluding hydrogens is 262 g/mol. The summed E-state index contributed by atoms with van der Waals surface area (Å²) in [5.74, 6) is 0.915. The predicted molar refractivity (Wildman–Crippen MR) is 89.1 cm³/mol. The van der Waals surface area contributed by atoms with Crippen LogP contribution < -0.4 is 10.1 Å². The molecule has 0 saturated heterocycles. The van der Waals surface area contributed by atoms with Crippen LogP contribution in [0.1, 0.15) is 45.6 Å². The van der Waals surface area contributed by atoms with E-state index < -0.39 is 0 Å². The number of ether oxygens (including phenoxy) is 2. The Kier molecular flexibility index (Phi) is 7.76. The van der Waals surface area contributed by atoms with Crippen molar-refractivity contribution < 1.29 is 9.47 Å². The summed E-state index contributed by atoms with van der Waals surface area (Å²) in [5, 5.41) is 3.68. The Hall–Kier alpha value is -1.06. The highest BCUT2D eigenvalue weighted by Gasteiger charge is 2.35. The van der Waals surface area contributed by atoms with Crippen molar-refractivity contribution >= 4 is 0 Å². The number of rotatable bonds is 10. The molecule has 120 valence electrons. The van der Waals surface area contributed by atoms with Crippen LogP contribution in [-0.2, 0) is 11.2 Å². The van der Waals surface area contributed by atoms with Crippen LogP contribution in [0, 0.1) is 0 Å². The fourth-order valence-corrected chi connectivity index (χ4v) is 2.97. The largest absolute Gasteiger partial charge is 0.497 e. The maximum Gasteiger partial charge on any atom is 0.119 e. The summed E-state index contributed by atoms with van der Waals surface area (Å²) in [6.45, 7) is 7.63. The molecule has 0 fully saturated rings.